The molecule has 6 nitrogen and oxygen atoms in total. The van der Waals surface area contributed by atoms with E-state index in [0.29, 0.717) is 12.0 Å². The lowest BCUT2D eigenvalue weighted by Gasteiger charge is -2.02. The Bertz CT molecular complexity index is 581. The lowest BCUT2D eigenvalue weighted by atomic mass is 10.2. The van der Waals surface area contributed by atoms with E-state index in [0.717, 1.165) is 5.69 Å². The highest BCUT2D eigenvalue weighted by molar-refractivity contribution is 6.29. The fourth-order valence-electron chi connectivity index (χ4n) is 1.55. The Labute approximate surface area is 109 Å². The maximum absolute atomic E-state index is 12.0. The van der Waals surface area contributed by atoms with Gasteiger partial charge in [0, 0.05) is 19.4 Å². The molecule has 2 aromatic heterocycles. The summed E-state index contributed by atoms with van der Waals surface area (Å²) in [4.78, 5) is 19.8. The molecule has 0 saturated carbocycles. The number of anilines is 1. The van der Waals surface area contributed by atoms with Gasteiger partial charge in [0.2, 0.25) is 5.95 Å². The molecule has 2 heterocycles. The third-order valence-corrected chi connectivity index (χ3v) is 2.54. The van der Waals surface area contributed by atoms with Crippen LogP contribution in [0, 0.1) is 0 Å². The molecule has 0 saturated heterocycles. The number of hydrogen-bond donors (Lipinski definition) is 1. The fraction of sp³-hybridized carbons (Fsp3) is 0.273. The molecule has 18 heavy (non-hydrogen) atoms. The first-order valence-corrected chi connectivity index (χ1v) is 5.80. The number of hydrogen-bond acceptors (Lipinski definition) is 4. The number of aromatic nitrogens is 4. The van der Waals surface area contributed by atoms with Crippen LogP contribution in [0.15, 0.2) is 18.5 Å². The van der Waals surface area contributed by atoms with E-state index in [4.69, 9.17) is 11.6 Å². The van der Waals surface area contributed by atoms with Gasteiger partial charge in [0.15, 0.2) is 0 Å². The highest BCUT2D eigenvalue weighted by Crippen LogP contribution is 2.11. The highest BCUT2D eigenvalue weighted by atomic mass is 35.5. The second-order valence-corrected chi connectivity index (χ2v) is 4.06. The molecule has 0 aliphatic heterocycles. The molecule has 1 amide bonds. The summed E-state index contributed by atoms with van der Waals surface area (Å²) < 4.78 is 1.60. The number of rotatable bonds is 3. The smallest absolute Gasteiger partial charge is 0.261 e. The average Bonchev–Trinajstić information content (AvgIpc) is 2.70. The third kappa shape index (κ3) is 2.65. The summed E-state index contributed by atoms with van der Waals surface area (Å²) in [6, 6.07) is 1.54. The fourth-order valence-corrected chi connectivity index (χ4v) is 1.69. The van der Waals surface area contributed by atoms with E-state index in [1.165, 1.54) is 6.20 Å². The normalized spacial score (nSPS) is 10.4. The third-order valence-electron chi connectivity index (χ3n) is 2.33. The number of aryl methyl sites for hydroxylation is 2. The first-order chi connectivity index (χ1) is 8.60. The van der Waals surface area contributed by atoms with Crippen molar-refractivity contribution < 1.29 is 4.79 Å². The second kappa shape index (κ2) is 5.14. The van der Waals surface area contributed by atoms with Crippen LogP contribution < -0.4 is 5.32 Å². The summed E-state index contributed by atoms with van der Waals surface area (Å²) in [5.74, 6) is -0.111. The van der Waals surface area contributed by atoms with Crippen molar-refractivity contribution in [1.82, 2.24) is 19.7 Å². The van der Waals surface area contributed by atoms with Crippen molar-refractivity contribution in [2.24, 2.45) is 7.05 Å². The van der Waals surface area contributed by atoms with Gasteiger partial charge in [0.25, 0.3) is 5.91 Å². The number of amides is 1. The molecule has 0 aromatic carbocycles. The predicted molar refractivity (Wildman–Crippen MR) is 67.6 cm³/mol. The molecule has 2 rings (SSSR count). The first kappa shape index (κ1) is 12.5. The van der Waals surface area contributed by atoms with Gasteiger partial charge in [-0.3, -0.25) is 14.8 Å². The van der Waals surface area contributed by atoms with Crippen LogP contribution in [0.1, 0.15) is 23.0 Å². The maximum Gasteiger partial charge on any atom is 0.261 e. The van der Waals surface area contributed by atoms with E-state index in [-0.39, 0.29) is 17.0 Å². The van der Waals surface area contributed by atoms with Crippen molar-refractivity contribution in [1.29, 1.82) is 0 Å². The van der Waals surface area contributed by atoms with E-state index in [1.54, 1.807) is 24.0 Å². The summed E-state index contributed by atoms with van der Waals surface area (Å²) in [6.07, 6.45) is 3.83. The molecule has 7 heteroatoms. The van der Waals surface area contributed by atoms with Gasteiger partial charge in [-0.15, -0.1) is 0 Å². The molecule has 0 aliphatic rings. The van der Waals surface area contributed by atoms with Gasteiger partial charge in [-0.05, 0) is 12.5 Å². The molecule has 0 radical (unpaired) electrons. The maximum atomic E-state index is 12.0. The molecular formula is C11H12ClN5O. The van der Waals surface area contributed by atoms with Crippen LogP contribution in [0.5, 0.6) is 0 Å². The van der Waals surface area contributed by atoms with Crippen molar-refractivity contribution in [3.8, 4) is 0 Å². The van der Waals surface area contributed by atoms with E-state index < -0.39 is 0 Å². The second-order valence-electron chi connectivity index (χ2n) is 3.67. The monoisotopic (exact) mass is 265 g/mol. The van der Waals surface area contributed by atoms with Gasteiger partial charge in [0.1, 0.15) is 5.15 Å². The van der Waals surface area contributed by atoms with Crippen LogP contribution in [0.3, 0.4) is 0 Å². The van der Waals surface area contributed by atoms with Crippen molar-refractivity contribution in [2.45, 2.75) is 13.3 Å². The lowest BCUT2D eigenvalue weighted by Crippen LogP contribution is -2.15. The minimum atomic E-state index is -0.290. The minimum Gasteiger partial charge on any atom is -0.290 e. The molecule has 2 aromatic rings. The molecule has 0 bridgehead atoms. The zero-order valence-electron chi connectivity index (χ0n) is 10.0. The Kier molecular flexibility index (Phi) is 3.57. The molecule has 0 aliphatic carbocycles. The number of carbonyl (C=O) groups excluding carboxylic acids is 1. The van der Waals surface area contributed by atoms with E-state index in [2.05, 4.69) is 20.4 Å². The summed E-state index contributed by atoms with van der Waals surface area (Å²) in [6.45, 7) is 1.94. The minimum absolute atomic E-state index is 0.179. The van der Waals surface area contributed by atoms with Gasteiger partial charge >= 0.3 is 0 Å². The number of carbonyl (C=O) groups is 1. The number of nitrogens with zero attached hydrogens (tertiary/aromatic N) is 4. The van der Waals surface area contributed by atoms with Crippen LogP contribution in [0.4, 0.5) is 5.95 Å². The average molecular weight is 266 g/mol. The summed E-state index contributed by atoms with van der Waals surface area (Å²) in [5, 5.41) is 7.07. The Morgan fingerprint density at radius 1 is 1.56 bits per heavy atom. The number of halogens is 1. The van der Waals surface area contributed by atoms with Gasteiger partial charge < -0.3 is 0 Å². The predicted octanol–water partition coefficient (Wildman–Crippen LogP) is 1.68. The van der Waals surface area contributed by atoms with Gasteiger partial charge in [-0.25, -0.2) is 9.97 Å². The van der Waals surface area contributed by atoms with Crippen molar-refractivity contribution >= 4 is 23.5 Å². The number of nitrogens with one attached hydrogen (secondary N) is 1. The summed E-state index contributed by atoms with van der Waals surface area (Å²) in [5.41, 5.74) is 1.25. The lowest BCUT2D eigenvalue weighted by molar-refractivity contribution is 0.102. The summed E-state index contributed by atoms with van der Waals surface area (Å²) >= 11 is 5.72. The van der Waals surface area contributed by atoms with E-state index >= 15 is 0 Å². The van der Waals surface area contributed by atoms with Crippen LogP contribution in [-0.4, -0.2) is 25.7 Å². The Morgan fingerprint density at radius 2 is 2.33 bits per heavy atom. The van der Waals surface area contributed by atoms with Crippen LogP contribution in [0.25, 0.3) is 0 Å². The van der Waals surface area contributed by atoms with Crippen molar-refractivity contribution in [2.75, 3.05) is 5.32 Å². The van der Waals surface area contributed by atoms with Crippen LogP contribution in [0.2, 0.25) is 5.15 Å². The molecule has 0 unspecified atom stereocenters. The Hall–Kier alpha value is -1.95. The zero-order chi connectivity index (χ0) is 13.1. The topological polar surface area (TPSA) is 72.7 Å². The highest BCUT2D eigenvalue weighted by Gasteiger charge is 2.15. The molecule has 0 spiro atoms. The SMILES string of the molecule is CCc1nn(C)cc1C(=O)Nc1nccc(Cl)n1. The van der Waals surface area contributed by atoms with Crippen molar-refractivity contribution in [3.05, 3.63) is 34.9 Å². The largest absolute Gasteiger partial charge is 0.290 e. The molecule has 0 fully saturated rings. The molecule has 0 atom stereocenters. The van der Waals surface area contributed by atoms with Crippen molar-refractivity contribution in [3.63, 3.8) is 0 Å². The van der Waals surface area contributed by atoms with E-state index in [9.17, 15) is 4.79 Å². The molecule has 1 N–H and O–H groups in total. The Morgan fingerprint density at radius 3 is 3.00 bits per heavy atom. The van der Waals surface area contributed by atoms with Gasteiger partial charge in [0.05, 0.1) is 11.3 Å². The van der Waals surface area contributed by atoms with Crippen LogP contribution in [-0.2, 0) is 13.5 Å². The first-order valence-electron chi connectivity index (χ1n) is 5.42. The molecule has 94 valence electrons. The Balaban J connectivity index is 2.21. The van der Waals surface area contributed by atoms with E-state index in [1.807, 2.05) is 6.92 Å². The van der Waals surface area contributed by atoms with Gasteiger partial charge in [-0.1, -0.05) is 18.5 Å². The summed E-state index contributed by atoms with van der Waals surface area (Å²) in [7, 11) is 1.77. The quantitative estimate of drug-likeness (QED) is 0.857. The zero-order valence-corrected chi connectivity index (χ0v) is 10.8. The standard InChI is InChI=1S/C11H12ClN5O/c1-3-8-7(6-17(2)16-8)10(18)15-11-13-5-4-9(12)14-11/h4-6H,3H2,1-2H3,(H,13,14,15,18). The van der Waals surface area contributed by atoms with Crippen LogP contribution >= 0.6 is 11.6 Å². The van der Waals surface area contributed by atoms with Gasteiger partial charge in [-0.2, -0.15) is 5.10 Å². The molecular weight excluding hydrogens is 254 g/mol.